The van der Waals surface area contributed by atoms with Crippen molar-refractivity contribution in [1.82, 2.24) is 0 Å². The minimum atomic E-state index is -0.930. The zero-order valence-corrected chi connectivity index (χ0v) is 12.4. The van der Waals surface area contributed by atoms with Crippen molar-refractivity contribution in [2.75, 3.05) is 20.3 Å². The first-order valence-corrected chi connectivity index (χ1v) is 6.63. The van der Waals surface area contributed by atoms with E-state index in [9.17, 15) is 9.90 Å². The zero-order valence-electron chi connectivity index (χ0n) is 11.7. The maximum absolute atomic E-state index is 11.3. The molecule has 0 aromatic heterocycles. The molecule has 2 rings (SSSR count). The lowest BCUT2D eigenvalue weighted by atomic mass is 9.85. The van der Waals surface area contributed by atoms with E-state index in [-0.39, 0.29) is 6.42 Å². The fourth-order valence-electron chi connectivity index (χ4n) is 2.08. The van der Waals surface area contributed by atoms with E-state index in [0.717, 1.165) is 0 Å². The molecule has 1 aliphatic heterocycles. The van der Waals surface area contributed by atoms with E-state index in [1.807, 2.05) is 0 Å². The van der Waals surface area contributed by atoms with Crippen LogP contribution in [0.2, 0.25) is 5.02 Å². The highest BCUT2D eigenvalue weighted by Crippen LogP contribution is 2.46. The topological polar surface area (TPSA) is 65.0 Å². The fraction of sp³-hybridized carbons (Fsp3) is 0.500. The van der Waals surface area contributed by atoms with Crippen molar-refractivity contribution >= 4 is 17.6 Å². The van der Waals surface area contributed by atoms with Crippen LogP contribution in [0.15, 0.2) is 6.07 Å². The molecule has 1 aromatic carbocycles. The predicted octanol–water partition coefficient (Wildman–Crippen LogP) is 2.77. The molecule has 0 saturated heterocycles. The number of carboxylic acid groups (broad SMARTS) is 1. The molecule has 0 unspecified atom stereocenters. The van der Waals surface area contributed by atoms with Crippen molar-refractivity contribution in [2.24, 2.45) is 5.41 Å². The highest BCUT2D eigenvalue weighted by atomic mass is 35.5. The van der Waals surface area contributed by atoms with E-state index in [1.165, 1.54) is 7.11 Å². The first-order chi connectivity index (χ1) is 9.36. The van der Waals surface area contributed by atoms with Crippen molar-refractivity contribution in [1.29, 1.82) is 0 Å². The second-order valence-electron chi connectivity index (χ2n) is 5.27. The molecule has 0 aliphatic carbocycles. The van der Waals surface area contributed by atoms with Crippen LogP contribution < -0.4 is 14.2 Å². The third-order valence-corrected chi connectivity index (χ3v) is 3.57. The molecule has 1 aliphatic rings. The lowest BCUT2D eigenvalue weighted by Crippen LogP contribution is -2.26. The van der Waals surface area contributed by atoms with Crippen LogP contribution in [-0.2, 0) is 11.2 Å². The van der Waals surface area contributed by atoms with Gasteiger partial charge in [-0.05, 0) is 26.3 Å². The van der Waals surface area contributed by atoms with Gasteiger partial charge in [0, 0.05) is 5.56 Å². The van der Waals surface area contributed by atoms with Gasteiger partial charge in [-0.3, -0.25) is 4.79 Å². The van der Waals surface area contributed by atoms with E-state index < -0.39 is 11.4 Å². The number of carbonyl (C=O) groups is 1. The number of halogens is 1. The van der Waals surface area contributed by atoms with Gasteiger partial charge in [0.25, 0.3) is 0 Å². The smallest absolute Gasteiger partial charge is 0.309 e. The number of benzene rings is 1. The lowest BCUT2D eigenvalue weighted by molar-refractivity contribution is -0.146. The van der Waals surface area contributed by atoms with Crippen LogP contribution in [-0.4, -0.2) is 31.4 Å². The van der Waals surface area contributed by atoms with Crippen LogP contribution >= 0.6 is 11.6 Å². The number of rotatable bonds is 4. The molecule has 1 heterocycles. The zero-order chi connectivity index (χ0) is 14.9. The summed E-state index contributed by atoms with van der Waals surface area (Å²) in [6.45, 7) is 4.17. The molecule has 1 aromatic rings. The number of hydrogen-bond acceptors (Lipinski definition) is 4. The molecule has 0 fully saturated rings. The average Bonchev–Trinajstić information content (AvgIpc) is 2.38. The molecule has 0 saturated carbocycles. The molecule has 20 heavy (non-hydrogen) atoms. The Kier molecular flexibility index (Phi) is 3.99. The summed E-state index contributed by atoms with van der Waals surface area (Å²) in [6, 6.07) is 1.74. The summed E-state index contributed by atoms with van der Waals surface area (Å²) in [4.78, 5) is 11.3. The van der Waals surface area contributed by atoms with Gasteiger partial charge in [-0.25, -0.2) is 0 Å². The second-order valence-corrected chi connectivity index (χ2v) is 5.65. The summed E-state index contributed by atoms with van der Waals surface area (Å²) in [5, 5.41) is 9.56. The fourth-order valence-corrected chi connectivity index (χ4v) is 2.43. The number of methoxy groups -OCH3 is 1. The van der Waals surface area contributed by atoms with Crippen LogP contribution in [0.3, 0.4) is 0 Å². The number of aliphatic carboxylic acids is 1. The summed E-state index contributed by atoms with van der Waals surface area (Å²) < 4.78 is 16.3. The summed E-state index contributed by atoms with van der Waals surface area (Å²) >= 11 is 6.26. The van der Waals surface area contributed by atoms with Crippen LogP contribution in [0.4, 0.5) is 0 Å². The Bertz CT molecular complexity index is 539. The maximum Gasteiger partial charge on any atom is 0.309 e. The minimum absolute atomic E-state index is 0.280. The van der Waals surface area contributed by atoms with Crippen molar-refractivity contribution < 1.29 is 24.1 Å². The first kappa shape index (κ1) is 14.8. The number of carboxylic acids is 1. The standard InChI is InChI=1S/C14H17ClO5/c1-14(2,13(16)17)7-8-6-9-12(20-5-4-19-9)10(15)11(8)18-3/h6H,4-5,7H2,1-3H3,(H,16,17). The normalized spacial score (nSPS) is 14.0. The van der Waals surface area contributed by atoms with Gasteiger partial charge in [-0.15, -0.1) is 0 Å². The van der Waals surface area contributed by atoms with Gasteiger partial charge in [-0.1, -0.05) is 11.6 Å². The summed E-state index contributed by atoms with van der Waals surface area (Å²) in [7, 11) is 1.49. The van der Waals surface area contributed by atoms with Gasteiger partial charge >= 0.3 is 5.97 Å². The van der Waals surface area contributed by atoms with E-state index in [0.29, 0.717) is 41.0 Å². The van der Waals surface area contributed by atoms with Crippen LogP contribution in [0.5, 0.6) is 17.2 Å². The van der Waals surface area contributed by atoms with Gasteiger partial charge in [0.15, 0.2) is 11.5 Å². The first-order valence-electron chi connectivity index (χ1n) is 6.25. The molecule has 5 nitrogen and oxygen atoms in total. The van der Waals surface area contributed by atoms with Crippen molar-refractivity contribution in [3.8, 4) is 17.2 Å². The Labute approximate surface area is 122 Å². The number of ether oxygens (including phenoxy) is 3. The van der Waals surface area contributed by atoms with Crippen molar-refractivity contribution in [3.05, 3.63) is 16.7 Å². The van der Waals surface area contributed by atoms with Crippen LogP contribution in [0, 0.1) is 5.41 Å². The predicted molar refractivity (Wildman–Crippen MR) is 74.1 cm³/mol. The molecule has 1 N–H and O–H groups in total. The van der Waals surface area contributed by atoms with Gasteiger partial charge in [0.2, 0.25) is 0 Å². The Morgan fingerprint density at radius 3 is 2.70 bits per heavy atom. The molecule has 0 radical (unpaired) electrons. The van der Waals surface area contributed by atoms with E-state index >= 15 is 0 Å². The highest BCUT2D eigenvalue weighted by molar-refractivity contribution is 6.34. The van der Waals surface area contributed by atoms with E-state index in [2.05, 4.69) is 0 Å². The molecule has 0 bridgehead atoms. The third-order valence-electron chi connectivity index (χ3n) is 3.22. The van der Waals surface area contributed by atoms with Gasteiger partial charge < -0.3 is 19.3 Å². The Balaban J connectivity index is 2.47. The molecule has 6 heteroatoms. The maximum atomic E-state index is 11.3. The van der Waals surface area contributed by atoms with Crippen molar-refractivity contribution in [3.63, 3.8) is 0 Å². The number of hydrogen-bond donors (Lipinski definition) is 1. The third kappa shape index (κ3) is 2.63. The lowest BCUT2D eigenvalue weighted by Gasteiger charge is -2.25. The highest BCUT2D eigenvalue weighted by Gasteiger charge is 2.31. The Morgan fingerprint density at radius 2 is 2.10 bits per heavy atom. The van der Waals surface area contributed by atoms with Gasteiger partial charge in [0.1, 0.15) is 24.0 Å². The minimum Gasteiger partial charge on any atom is -0.495 e. The molecule has 110 valence electrons. The largest absolute Gasteiger partial charge is 0.495 e. The SMILES string of the molecule is COc1c(CC(C)(C)C(=O)O)cc2c(c1Cl)OCCO2. The summed E-state index contributed by atoms with van der Waals surface area (Å²) in [6.07, 6.45) is 0.280. The summed E-state index contributed by atoms with van der Waals surface area (Å²) in [5.74, 6) is 0.528. The Hall–Kier alpha value is -1.62. The monoisotopic (exact) mass is 300 g/mol. The van der Waals surface area contributed by atoms with E-state index in [1.54, 1.807) is 19.9 Å². The van der Waals surface area contributed by atoms with Gasteiger partial charge in [-0.2, -0.15) is 0 Å². The van der Waals surface area contributed by atoms with Crippen LogP contribution in [0.1, 0.15) is 19.4 Å². The molecule has 0 atom stereocenters. The molecule has 0 spiro atoms. The number of fused-ring (bicyclic) bond motifs is 1. The quantitative estimate of drug-likeness (QED) is 0.926. The second kappa shape index (κ2) is 5.40. The average molecular weight is 301 g/mol. The van der Waals surface area contributed by atoms with Crippen LogP contribution in [0.25, 0.3) is 0 Å². The van der Waals surface area contributed by atoms with Gasteiger partial charge in [0.05, 0.1) is 12.5 Å². The van der Waals surface area contributed by atoms with Crippen molar-refractivity contribution in [2.45, 2.75) is 20.3 Å². The molecular formula is C14H17ClO5. The summed E-state index contributed by atoms with van der Waals surface area (Å²) in [5.41, 5.74) is -0.241. The van der Waals surface area contributed by atoms with E-state index in [4.69, 9.17) is 25.8 Å². The molecule has 0 amide bonds. The molecular weight excluding hydrogens is 284 g/mol. The Morgan fingerprint density at radius 1 is 1.45 bits per heavy atom.